The summed E-state index contributed by atoms with van der Waals surface area (Å²) in [6.45, 7) is 12.8. The number of rotatable bonds is 9. The fourth-order valence-electron chi connectivity index (χ4n) is 3.02. The van der Waals surface area contributed by atoms with Gasteiger partial charge in [-0.2, -0.15) is 0 Å². The minimum Gasteiger partial charge on any atom is -0.315 e. The number of hydrogen-bond acceptors (Lipinski definition) is 5. The van der Waals surface area contributed by atoms with Crippen molar-refractivity contribution in [3.8, 4) is 0 Å². The van der Waals surface area contributed by atoms with Crippen molar-refractivity contribution < 1.29 is 14.8 Å². The number of anilines is 1. The van der Waals surface area contributed by atoms with E-state index in [1.54, 1.807) is 11.5 Å². The molecule has 0 spiro atoms. The summed E-state index contributed by atoms with van der Waals surface area (Å²) < 4.78 is 0.936. The highest BCUT2D eigenvalue weighted by molar-refractivity contribution is 7.20. The summed E-state index contributed by atoms with van der Waals surface area (Å²) in [6, 6.07) is 7.53. The van der Waals surface area contributed by atoms with Crippen molar-refractivity contribution in [2.75, 3.05) is 24.5 Å². The fourth-order valence-corrected chi connectivity index (χ4v) is 3.95. The molecule has 0 unspecified atom stereocenters. The third-order valence-corrected chi connectivity index (χ3v) is 5.65. The Morgan fingerprint density at radius 3 is 2.52 bits per heavy atom. The van der Waals surface area contributed by atoms with Crippen LogP contribution in [0.3, 0.4) is 0 Å². The first kappa shape index (κ1) is 23.3. The maximum Gasteiger partial charge on any atom is 0.284 e. The number of benzene rings is 1. The number of carbonyl (C=O) groups is 2. The van der Waals surface area contributed by atoms with E-state index >= 15 is 0 Å². The van der Waals surface area contributed by atoms with E-state index in [1.807, 2.05) is 23.1 Å². The molecule has 1 aromatic heterocycles. The van der Waals surface area contributed by atoms with Crippen LogP contribution in [0.4, 0.5) is 5.69 Å². The number of carbonyl (C=O) groups excluding carboxylic acids is 2. The molecule has 1 heterocycles. The lowest BCUT2D eigenvalue weighted by molar-refractivity contribution is -0.120. The smallest absolute Gasteiger partial charge is 0.284 e. The molecule has 3 N–H and O–H groups in total. The molecular weight excluding hydrogens is 386 g/mol. The van der Waals surface area contributed by atoms with Crippen LogP contribution in [0, 0.1) is 11.3 Å². The van der Waals surface area contributed by atoms with Crippen LogP contribution in [-0.4, -0.2) is 36.7 Å². The van der Waals surface area contributed by atoms with Crippen molar-refractivity contribution in [2.45, 2.75) is 47.5 Å². The van der Waals surface area contributed by atoms with E-state index < -0.39 is 5.91 Å². The Morgan fingerprint density at radius 1 is 1.17 bits per heavy atom. The Hall–Kier alpha value is -1.96. The summed E-state index contributed by atoms with van der Waals surface area (Å²) >= 11 is 1.31. The molecule has 0 radical (unpaired) electrons. The predicted octanol–water partition coefficient (Wildman–Crippen LogP) is 4.43. The monoisotopic (exact) mass is 419 g/mol. The normalized spacial score (nSPS) is 11.8. The molecule has 0 aliphatic rings. The molecule has 0 saturated carbocycles. The lowest BCUT2D eigenvalue weighted by Crippen LogP contribution is -2.39. The number of fused-ring (bicyclic) bond motifs is 1. The van der Waals surface area contributed by atoms with E-state index in [0.29, 0.717) is 23.8 Å². The van der Waals surface area contributed by atoms with Crippen molar-refractivity contribution in [1.82, 2.24) is 10.8 Å². The average Bonchev–Trinajstić information content (AvgIpc) is 3.05. The second-order valence-corrected chi connectivity index (χ2v) is 10.1. The lowest BCUT2D eigenvalue weighted by Gasteiger charge is -2.27. The minimum atomic E-state index is -0.525. The van der Waals surface area contributed by atoms with Gasteiger partial charge in [0, 0.05) is 29.9 Å². The maximum atomic E-state index is 13.0. The van der Waals surface area contributed by atoms with Gasteiger partial charge in [0.25, 0.3) is 5.91 Å². The molecule has 2 amide bonds. The first-order valence-electron chi connectivity index (χ1n) is 10.1. The van der Waals surface area contributed by atoms with Gasteiger partial charge in [0.2, 0.25) is 5.91 Å². The Balaban J connectivity index is 2.21. The van der Waals surface area contributed by atoms with Gasteiger partial charge in [-0.15, -0.1) is 11.3 Å². The van der Waals surface area contributed by atoms with Crippen LogP contribution in [0.15, 0.2) is 24.3 Å². The van der Waals surface area contributed by atoms with Gasteiger partial charge in [-0.3, -0.25) is 14.8 Å². The zero-order valence-electron chi connectivity index (χ0n) is 18.0. The molecule has 2 rings (SSSR count). The van der Waals surface area contributed by atoms with E-state index in [0.717, 1.165) is 35.3 Å². The van der Waals surface area contributed by atoms with Crippen LogP contribution in [0.1, 0.15) is 57.1 Å². The number of amides is 2. The second kappa shape index (κ2) is 10.2. The number of thiophene rings is 1. The van der Waals surface area contributed by atoms with Crippen molar-refractivity contribution >= 4 is 38.9 Å². The van der Waals surface area contributed by atoms with Crippen LogP contribution in [0.5, 0.6) is 0 Å². The first-order valence-corrected chi connectivity index (χ1v) is 10.9. The first-order chi connectivity index (χ1) is 13.6. The standard InChI is InChI=1S/C22H33N3O3S/c1-15(2)8-9-23-10-11-25(20(26)14-22(3,4)5)17-6-7-18-16(12-17)13-19(29-18)21(27)24-28/h6-7,12-13,15,23,28H,8-11,14H2,1-5H3,(H,24,27). The summed E-state index contributed by atoms with van der Waals surface area (Å²) in [4.78, 5) is 27.0. The molecule has 0 saturated heterocycles. The van der Waals surface area contributed by atoms with Crippen LogP contribution >= 0.6 is 11.3 Å². The third-order valence-electron chi connectivity index (χ3n) is 4.53. The average molecular weight is 420 g/mol. The number of hydrogen-bond donors (Lipinski definition) is 3. The van der Waals surface area contributed by atoms with E-state index in [1.165, 1.54) is 11.3 Å². The predicted molar refractivity (Wildman–Crippen MR) is 120 cm³/mol. The molecule has 1 aromatic carbocycles. The summed E-state index contributed by atoms with van der Waals surface area (Å²) in [7, 11) is 0. The van der Waals surface area contributed by atoms with Gasteiger partial charge in [0.1, 0.15) is 0 Å². The Labute approximate surface area is 177 Å². The van der Waals surface area contributed by atoms with E-state index in [-0.39, 0.29) is 11.3 Å². The van der Waals surface area contributed by atoms with Gasteiger partial charge < -0.3 is 10.2 Å². The van der Waals surface area contributed by atoms with Crippen LogP contribution in [-0.2, 0) is 4.79 Å². The Bertz CT molecular complexity index is 839. The van der Waals surface area contributed by atoms with Gasteiger partial charge in [-0.05, 0) is 54.0 Å². The zero-order valence-corrected chi connectivity index (χ0v) is 18.9. The fraction of sp³-hybridized carbons (Fsp3) is 0.545. The summed E-state index contributed by atoms with van der Waals surface area (Å²) in [5, 5.41) is 13.2. The number of nitrogens with one attached hydrogen (secondary N) is 2. The van der Waals surface area contributed by atoms with Crippen molar-refractivity contribution in [3.63, 3.8) is 0 Å². The molecular formula is C22H33N3O3S. The highest BCUT2D eigenvalue weighted by Crippen LogP contribution is 2.30. The van der Waals surface area contributed by atoms with E-state index in [4.69, 9.17) is 5.21 Å². The molecule has 0 aliphatic heterocycles. The number of nitrogens with zero attached hydrogens (tertiary/aromatic N) is 1. The van der Waals surface area contributed by atoms with Gasteiger partial charge in [-0.25, -0.2) is 5.48 Å². The van der Waals surface area contributed by atoms with Crippen LogP contribution < -0.4 is 15.7 Å². The van der Waals surface area contributed by atoms with Gasteiger partial charge in [-0.1, -0.05) is 34.6 Å². The molecule has 6 nitrogen and oxygen atoms in total. The zero-order chi connectivity index (χ0) is 21.6. The molecule has 0 bridgehead atoms. The highest BCUT2D eigenvalue weighted by atomic mass is 32.1. The lowest BCUT2D eigenvalue weighted by atomic mass is 9.91. The summed E-state index contributed by atoms with van der Waals surface area (Å²) in [5.74, 6) is 0.210. The summed E-state index contributed by atoms with van der Waals surface area (Å²) in [6.07, 6.45) is 1.56. The molecule has 7 heteroatoms. The molecule has 0 fully saturated rings. The molecule has 0 atom stereocenters. The topological polar surface area (TPSA) is 81.7 Å². The van der Waals surface area contributed by atoms with Crippen LogP contribution in [0.2, 0.25) is 0 Å². The van der Waals surface area contributed by atoms with Gasteiger partial charge >= 0.3 is 0 Å². The second-order valence-electron chi connectivity index (χ2n) is 8.99. The van der Waals surface area contributed by atoms with Gasteiger partial charge in [0.05, 0.1) is 4.88 Å². The third kappa shape index (κ3) is 7.10. The molecule has 2 aromatic rings. The highest BCUT2D eigenvalue weighted by Gasteiger charge is 2.23. The van der Waals surface area contributed by atoms with E-state index in [2.05, 4.69) is 39.9 Å². The maximum absolute atomic E-state index is 13.0. The summed E-state index contributed by atoms with van der Waals surface area (Å²) in [5.41, 5.74) is 2.40. The van der Waals surface area contributed by atoms with Gasteiger partial charge in [0.15, 0.2) is 0 Å². The minimum absolute atomic E-state index is 0.0889. The molecule has 0 aliphatic carbocycles. The van der Waals surface area contributed by atoms with Crippen molar-refractivity contribution in [3.05, 3.63) is 29.1 Å². The SMILES string of the molecule is CC(C)CCNCCN(C(=O)CC(C)(C)C)c1ccc2sc(C(=O)NO)cc2c1. The Kier molecular flexibility index (Phi) is 8.19. The van der Waals surface area contributed by atoms with Crippen LogP contribution in [0.25, 0.3) is 10.1 Å². The van der Waals surface area contributed by atoms with Crippen molar-refractivity contribution in [2.24, 2.45) is 11.3 Å². The molecule has 160 valence electrons. The van der Waals surface area contributed by atoms with E-state index in [9.17, 15) is 9.59 Å². The Morgan fingerprint density at radius 2 is 1.90 bits per heavy atom. The number of hydroxylamine groups is 1. The largest absolute Gasteiger partial charge is 0.315 e. The molecule has 29 heavy (non-hydrogen) atoms. The van der Waals surface area contributed by atoms with Crippen molar-refractivity contribution in [1.29, 1.82) is 0 Å². The quantitative estimate of drug-likeness (QED) is 0.319.